The van der Waals surface area contributed by atoms with Gasteiger partial charge in [-0.25, -0.2) is 0 Å². The van der Waals surface area contributed by atoms with Crippen molar-refractivity contribution in [2.45, 2.75) is 32.9 Å². The van der Waals surface area contributed by atoms with E-state index in [1.807, 2.05) is 47.4 Å². The fourth-order valence-corrected chi connectivity index (χ4v) is 4.23. The van der Waals surface area contributed by atoms with Crippen molar-refractivity contribution >= 4 is 17.7 Å². The van der Waals surface area contributed by atoms with Gasteiger partial charge in [-0.1, -0.05) is 25.1 Å². The lowest BCUT2D eigenvalue weighted by Crippen LogP contribution is -2.53. The van der Waals surface area contributed by atoms with Crippen LogP contribution >= 0.6 is 0 Å². The Morgan fingerprint density at radius 3 is 2.32 bits per heavy atom. The molecule has 1 aromatic heterocycles. The molecule has 2 fully saturated rings. The zero-order valence-electron chi connectivity index (χ0n) is 17.9. The summed E-state index contributed by atoms with van der Waals surface area (Å²) in [6.45, 7) is 5.44. The Bertz CT molecular complexity index is 945. The molecule has 3 heterocycles. The van der Waals surface area contributed by atoms with E-state index in [1.54, 1.807) is 16.0 Å². The molecule has 0 spiro atoms. The Morgan fingerprint density at radius 1 is 0.968 bits per heavy atom. The number of hydrogen-bond acceptors (Lipinski definition) is 4. The highest BCUT2D eigenvalue weighted by Crippen LogP contribution is 2.19. The van der Waals surface area contributed by atoms with Gasteiger partial charge in [-0.05, 0) is 48.6 Å². The molecule has 4 rings (SSSR count). The number of amides is 3. The zero-order chi connectivity index (χ0) is 21.8. The number of likely N-dealkylation sites (tertiary alicyclic amines) is 1. The SMILES string of the molecule is CC1CCCN(C(=O)c2ccc(CN3CCN(Cc4ccccn4)C(=O)C3=O)cc2)C1. The number of benzene rings is 1. The minimum Gasteiger partial charge on any atom is -0.338 e. The molecule has 2 aliphatic rings. The van der Waals surface area contributed by atoms with Crippen molar-refractivity contribution in [3.8, 4) is 0 Å². The second-order valence-electron chi connectivity index (χ2n) is 8.47. The number of nitrogens with zero attached hydrogens (tertiary/aromatic N) is 4. The minimum absolute atomic E-state index is 0.0625. The van der Waals surface area contributed by atoms with Gasteiger partial charge in [0.1, 0.15) is 0 Å². The summed E-state index contributed by atoms with van der Waals surface area (Å²) in [4.78, 5) is 47.1. The topological polar surface area (TPSA) is 73.8 Å². The third-order valence-electron chi connectivity index (χ3n) is 5.99. The van der Waals surface area contributed by atoms with Crippen molar-refractivity contribution in [3.05, 3.63) is 65.5 Å². The number of carbonyl (C=O) groups excluding carboxylic acids is 3. The third-order valence-corrected chi connectivity index (χ3v) is 5.99. The highest BCUT2D eigenvalue weighted by Gasteiger charge is 2.32. The molecule has 1 aromatic carbocycles. The number of hydrogen-bond donors (Lipinski definition) is 0. The highest BCUT2D eigenvalue weighted by molar-refractivity contribution is 6.35. The number of rotatable bonds is 5. The normalized spacial score (nSPS) is 19.6. The van der Waals surface area contributed by atoms with E-state index in [1.165, 1.54) is 6.42 Å². The van der Waals surface area contributed by atoms with Crippen molar-refractivity contribution in [2.75, 3.05) is 26.2 Å². The fourth-order valence-electron chi connectivity index (χ4n) is 4.23. The number of piperidine rings is 1. The lowest BCUT2D eigenvalue weighted by molar-refractivity contribution is -0.156. The van der Waals surface area contributed by atoms with Gasteiger partial charge in [0.2, 0.25) is 0 Å². The molecule has 7 heteroatoms. The van der Waals surface area contributed by atoms with E-state index < -0.39 is 11.8 Å². The van der Waals surface area contributed by atoms with Gasteiger partial charge in [0, 0.05) is 44.5 Å². The van der Waals surface area contributed by atoms with Gasteiger partial charge >= 0.3 is 11.8 Å². The number of aromatic nitrogens is 1. The first kappa shape index (κ1) is 21.0. The Hall–Kier alpha value is -3.22. The Kier molecular flexibility index (Phi) is 6.30. The monoisotopic (exact) mass is 420 g/mol. The fraction of sp³-hybridized carbons (Fsp3) is 0.417. The molecule has 1 atom stereocenters. The molecule has 0 saturated carbocycles. The van der Waals surface area contributed by atoms with E-state index in [0.717, 1.165) is 30.8 Å². The lowest BCUT2D eigenvalue weighted by Gasteiger charge is -2.33. The molecule has 2 aromatic rings. The smallest absolute Gasteiger partial charge is 0.312 e. The average molecular weight is 421 g/mol. The van der Waals surface area contributed by atoms with E-state index >= 15 is 0 Å². The maximum atomic E-state index is 12.7. The van der Waals surface area contributed by atoms with E-state index in [2.05, 4.69) is 11.9 Å². The Morgan fingerprint density at radius 2 is 1.68 bits per heavy atom. The van der Waals surface area contributed by atoms with Crippen LogP contribution in [0.25, 0.3) is 0 Å². The van der Waals surface area contributed by atoms with Crippen molar-refractivity contribution < 1.29 is 14.4 Å². The maximum absolute atomic E-state index is 12.7. The van der Waals surface area contributed by atoms with Gasteiger partial charge in [-0.3, -0.25) is 19.4 Å². The van der Waals surface area contributed by atoms with E-state index in [4.69, 9.17) is 0 Å². The van der Waals surface area contributed by atoms with E-state index in [-0.39, 0.29) is 5.91 Å². The van der Waals surface area contributed by atoms with E-state index in [0.29, 0.717) is 37.7 Å². The van der Waals surface area contributed by atoms with Crippen molar-refractivity contribution in [2.24, 2.45) is 5.92 Å². The van der Waals surface area contributed by atoms with Gasteiger partial charge in [-0.15, -0.1) is 0 Å². The highest BCUT2D eigenvalue weighted by atomic mass is 16.2. The molecule has 2 aliphatic heterocycles. The summed E-state index contributed by atoms with van der Waals surface area (Å²) >= 11 is 0. The Labute approximate surface area is 182 Å². The predicted octanol–water partition coefficient (Wildman–Crippen LogP) is 2.32. The molecule has 31 heavy (non-hydrogen) atoms. The molecule has 0 N–H and O–H groups in total. The summed E-state index contributed by atoms with van der Waals surface area (Å²) in [7, 11) is 0. The third kappa shape index (κ3) is 4.93. The van der Waals surface area contributed by atoms with Gasteiger partial charge in [0.05, 0.1) is 12.2 Å². The van der Waals surface area contributed by atoms with Crippen molar-refractivity contribution in [1.82, 2.24) is 19.7 Å². The number of piperazine rings is 1. The van der Waals surface area contributed by atoms with Gasteiger partial charge in [0.15, 0.2) is 0 Å². The molecule has 0 radical (unpaired) electrons. The molecular weight excluding hydrogens is 392 g/mol. The summed E-state index contributed by atoms with van der Waals surface area (Å²) in [6.07, 6.45) is 3.90. The van der Waals surface area contributed by atoms with Crippen LogP contribution in [-0.2, 0) is 22.7 Å². The quantitative estimate of drug-likeness (QED) is 0.696. The summed E-state index contributed by atoms with van der Waals surface area (Å²) in [5.74, 6) is -0.392. The van der Waals surface area contributed by atoms with Gasteiger partial charge in [-0.2, -0.15) is 0 Å². The van der Waals surface area contributed by atoms with Gasteiger partial charge < -0.3 is 14.7 Å². The van der Waals surface area contributed by atoms with Crippen LogP contribution in [0.5, 0.6) is 0 Å². The number of carbonyl (C=O) groups is 3. The predicted molar refractivity (Wildman–Crippen MR) is 116 cm³/mol. The summed E-state index contributed by atoms with van der Waals surface area (Å²) in [6, 6.07) is 12.9. The minimum atomic E-state index is -0.497. The molecule has 7 nitrogen and oxygen atoms in total. The summed E-state index contributed by atoms with van der Waals surface area (Å²) in [5, 5.41) is 0. The Balaban J connectivity index is 1.34. The van der Waals surface area contributed by atoms with Crippen LogP contribution in [-0.4, -0.2) is 63.6 Å². The summed E-state index contributed by atoms with van der Waals surface area (Å²) in [5.41, 5.74) is 2.34. The second kappa shape index (κ2) is 9.29. The van der Waals surface area contributed by atoms with Crippen LogP contribution in [0.3, 0.4) is 0 Å². The molecule has 2 saturated heterocycles. The lowest BCUT2D eigenvalue weighted by atomic mass is 9.99. The maximum Gasteiger partial charge on any atom is 0.312 e. The van der Waals surface area contributed by atoms with Crippen LogP contribution in [0.4, 0.5) is 0 Å². The standard InChI is InChI=1S/C24H28N4O3/c1-18-5-4-12-26(15-18)22(29)20-9-7-19(8-10-20)16-27-13-14-28(24(31)23(27)30)17-21-6-2-3-11-25-21/h2-3,6-11,18H,4-5,12-17H2,1H3. The molecule has 0 aliphatic carbocycles. The van der Waals surface area contributed by atoms with Crippen molar-refractivity contribution in [3.63, 3.8) is 0 Å². The largest absolute Gasteiger partial charge is 0.338 e. The van der Waals surface area contributed by atoms with Crippen LogP contribution in [0.15, 0.2) is 48.7 Å². The van der Waals surface area contributed by atoms with Crippen LogP contribution in [0.2, 0.25) is 0 Å². The molecular formula is C24H28N4O3. The van der Waals surface area contributed by atoms with Gasteiger partial charge in [0.25, 0.3) is 5.91 Å². The molecule has 0 bridgehead atoms. The zero-order valence-corrected chi connectivity index (χ0v) is 17.9. The molecule has 162 valence electrons. The van der Waals surface area contributed by atoms with Crippen molar-refractivity contribution in [1.29, 1.82) is 0 Å². The van der Waals surface area contributed by atoms with Crippen LogP contribution in [0, 0.1) is 5.92 Å². The van der Waals surface area contributed by atoms with E-state index in [9.17, 15) is 14.4 Å². The first-order chi connectivity index (χ1) is 15.0. The summed E-state index contributed by atoms with van der Waals surface area (Å²) < 4.78 is 0. The van der Waals surface area contributed by atoms with Crippen LogP contribution in [0.1, 0.15) is 41.4 Å². The second-order valence-corrected chi connectivity index (χ2v) is 8.47. The molecule has 1 unspecified atom stereocenters. The first-order valence-electron chi connectivity index (χ1n) is 10.9. The van der Waals surface area contributed by atoms with Crippen LogP contribution < -0.4 is 0 Å². The number of pyridine rings is 1. The average Bonchev–Trinajstić information content (AvgIpc) is 2.79. The first-order valence-corrected chi connectivity index (χ1v) is 10.9. The molecule has 3 amide bonds.